The van der Waals surface area contributed by atoms with E-state index in [0.29, 0.717) is 32.8 Å². The molecule has 2 aromatic heterocycles. The number of hydrogen-bond donors (Lipinski definition) is 1. The summed E-state index contributed by atoms with van der Waals surface area (Å²) in [4.78, 5) is 22.9. The van der Waals surface area contributed by atoms with Gasteiger partial charge in [-0.25, -0.2) is 0 Å². The van der Waals surface area contributed by atoms with Crippen molar-refractivity contribution in [1.29, 1.82) is 0 Å². The molecule has 0 aliphatic carbocycles. The standard InChI is InChI=1S/C16H10BrN7O4/c1-8-12(15(25)23(20-8)16-18-21-22-19-16)7-10-3-5-14(28-10)11-4-2-9(24(26)27)6-13(11)17/h2-7H,1H3,(H,18,19,21,22)/b12-7+. The van der Waals surface area contributed by atoms with E-state index in [9.17, 15) is 14.9 Å². The Morgan fingerprint density at radius 1 is 1.32 bits per heavy atom. The Morgan fingerprint density at radius 3 is 2.82 bits per heavy atom. The number of amides is 1. The summed E-state index contributed by atoms with van der Waals surface area (Å²) in [6.07, 6.45) is 1.56. The summed E-state index contributed by atoms with van der Waals surface area (Å²) in [6.45, 7) is 1.68. The first-order valence-corrected chi connectivity index (χ1v) is 8.62. The molecule has 4 rings (SSSR count). The number of nitrogens with zero attached hydrogens (tertiary/aromatic N) is 6. The number of tetrazole rings is 1. The Morgan fingerprint density at radius 2 is 2.14 bits per heavy atom. The van der Waals surface area contributed by atoms with E-state index in [4.69, 9.17) is 4.42 Å². The van der Waals surface area contributed by atoms with Crippen LogP contribution in [0.2, 0.25) is 0 Å². The number of benzene rings is 1. The van der Waals surface area contributed by atoms with Crippen molar-refractivity contribution in [2.24, 2.45) is 5.10 Å². The number of carbonyl (C=O) groups is 1. The van der Waals surface area contributed by atoms with Crippen molar-refractivity contribution in [3.8, 4) is 11.3 Å². The third-order valence-corrected chi connectivity index (χ3v) is 4.58. The van der Waals surface area contributed by atoms with E-state index < -0.39 is 10.8 Å². The molecule has 140 valence electrons. The third kappa shape index (κ3) is 3.09. The summed E-state index contributed by atoms with van der Waals surface area (Å²) in [5, 5.41) is 29.2. The van der Waals surface area contributed by atoms with Crippen molar-refractivity contribution in [2.75, 3.05) is 5.01 Å². The highest BCUT2D eigenvalue weighted by molar-refractivity contribution is 9.10. The fourth-order valence-electron chi connectivity index (χ4n) is 2.60. The van der Waals surface area contributed by atoms with Gasteiger partial charge in [0.15, 0.2) is 0 Å². The number of H-pyrrole nitrogens is 1. The molecule has 1 amide bonds. The van der Waals surface area contributed by atoms with Gasteiger partial charge in [-0.15, -0.1) is 5.10 Å². The highest BCUT2D eigenvalue weighted by Crippen LogP contribution is 2.33. The van der Waals surface area contributed by atoms with Gasteiger partial charge in [-0.1, -0.05) is 5.10 Å². The van der Waals surface area contributed by atoms with Crippen molar-refractivity contribution >= 4 is 45.3 Å². The molecule has 1 aliphatic heterocycles. The number of halogens is 1. The van der Waals surface area contributed by atoms with Gasteiger partial charge in [-0.3, -0.25) is 14.9 Å². The predicted molar refractivity (Wildman–Crippen MR) is 101 cm³/mol. The van der Waals surface area contributed by atoms with Crippen LogP contribution in [0.5, 0.6) is 0 Å². The maximum Gasteiger partial charge on any atom is 0.293 e. The number of hydrogen-bond acceptors (Lipinski definition) is 8. The van der Waals surface area contributed by atoms with E-state index in [1.807, 2.05) is 0 Å². The molecule has 0 unspecified atom stereocenters. The highest BCUT2D eigenvalue weighted by Gasteiger charge is 2.31. The SMILES string of the molecule is CC1=NN(c2nn[nH]n2)C(=O)/C1=C/c1ccc(-c2ccc([N+](=O)[O-])cc2Br)o1. The Hall–Kier alpha value is -3.67. The summed E-state index contributed by atoms with van der Waals surface area (Å²) >= 11 is 3.32. The van der Waals surface area contributed by atoms with Gasteiger partial charge in [0, 0.05) is 22.2 Å². The van der Waals surface area contributed by atoms with Gasteiger partial charge >= 0.3 is 0 Å². The number of nitro benzene ring substituents is 1. The molecule has 0 fully saturated rings. The van der Waals surface area contributed by atoms with Gasteiger partial charge in [0.1, 0.15) is 11.5 Å². The van der Waals surface area contributed by atoms with Crippen molar-refractivity contribution in [2.45, 2.75) is 6.92 Å². The van der Waals surface area contributed by atoms with Gasteiger partial charge in [-0.2, -0.15) is 15.3 Å². The Bertz CT molecular complexity index is 1150. The summed E-state index contributed by atoms with van der Waals surface area (Å²) in [7, 11) is 0. The van der Waals surface area contributed by atoms with Crippen LogP contribution in [-0.4, -0.2) is 37.2 Å². The number of furan rings is 1. The van der Waals surface area contributed by atoms with Crippen molar-refractivity contribution in [1.82, 2.24) is 20.6 Å². The number of anilines is 1. The molecule has 1 aromatic carbocycles. The first-order valence-electron chi connectivity index (χ1n) is 7.83. The van der Waals surface area contributed by atoms with Crippen LogP contribution in [0, 0.1) is 10.1 Å². The van der Waals surface area contributed by atoms with Gasteiger partial charge in [0.25, 0.3) is 17.5 Å². The molecule has 1 N–H and O–H groups in total. The molecule has 28 heavy (non-hydrogen) atoms. The second-order valence-corrected chi connectivity index (χ2v) is 6.55. The van der Waals surface area contributed by atoms with E-state index >= 15 is 0 Å². The molecular weight excluding hydrogens is 434 g/mol. The average Bonchev–Trinajstić information content (AvgIpc) is 3.39. The lowest BCUT2D eigenvalue weighted by Crippen LogP contribution is -2.22. The number of aromatic amines is 1. The quantitative estimate of drug-likeness (QED) is 0.370. The zero-order valence-electron chi connectivity index (χ0n) is 14.2. The topological polar surface area (TPSA) is 143 Å². The Balaban J connectivity index is 1.63. The molecular formula is C16H10BrN7O4. The van der Waals surface area contributed by atoms with E-state index in [0.717, 1.165) is 5.01 Å². The summed E-state index contributed by atoms with van der Waals surface area (Å²) in [5.41, 5.74) is 1.42. The smallest absolute Gasteiger partial charge is 0.293 e. The molecule has 0 saturated carbocycles. The van der Waals surface area contributed by atoms with Crippen LogP contribution in [0.3, 0.4) is 0 Å². The number of non-ortho nitro benzene ring substituents is 1. The Labute approximate surface area is 165 Å². The summed E-state index contributed by atoms with van der Waals surface area (Å²) < 4.78 is 6.31. The number of nitro groups is 1. The molecule has 3 heterocycles. The number of nitrogens with one attached hydrogen (secondary N) is 1. The van der Waals surface area contributed by atoms with Crippen LogP contribution in [-0.2, 0) is 4.79 Å². The van der Waals surface area contributed by atoms with Crippen LogP contribution >= 0.6 is 15.9 Å². The zero-order chi connectivity index (χ0) is 19.8. The van der Waals surface area contributed by atoms with E-state index in [-0.39, 0.29) is 11.6 Å². The molecule has 12 heteroatoms. The molecule has 3 aromatic rings. The molecule has 0 radical (unpaired) electrons. The fraction of sp³-hybridized carbons (Fsp3) is 0.0625. The van der Waals surface area contributed by atoms with E-state index in [1.54, 1.807) is 31.2 Å². The highest BCUT2D eigenvalue weighted by atomic mass is 79.9. The van der Waals surface area contributed by atoms with Crippen LogP contribution in [0.4, 0.5) is 11.6 Å². The van der Waals surface area contributed by atoms with Gasteiger partial charge in [-0.05, 0) is 52.3 Å². The minimum Gasteiger partial charge on any atom is -0.457 e. The number of aromatic nitrogens is 4. The number of rotatable bonds is 4. The predicted octanol–water partition coefficient (Wildman–Crippen LogP) is 2.94. The molecule has 11 nitrogen and oxygen atoms in total. The number of hydrazone groups is 1. The molecule has 1 aliphatic rings. The van der Waals surface area contributed by atoms with Crippen LogP contribution < -0.4 is 5.01 Å². The van der Waals surface area contributed by atoms with Crippen molar-refractivity contribution in [3.05, 3.63) is 56.3 Å². The molecule has 0 saturated heterocycles. The van der Waals surface area contributed by atoms with Crippen molar-refractivity contribution in [3.63, 3.8) is 0 Å². The molecule has 0 bridgehead atoms. The van der Waals surface area contributed by atoms with Gasteiger partial charge in [0.05, 0.1) is 16.2 Å². The largest absolute Gasteiger partial charge is 0.457 e. The first kappa shape index (κ1) is 17.7. The van der Waals surface area contributed by atoms with Crippen LogP contribution in [0.1, 0.15) is 12.7 Å². The summed E-state index contributed by atoms with van der Waals surface area (Å²) in [6, 6.07) is 7.77. The average molecular weight is 444 g/mol. The zero-order valence-corrected chi connectivity index (χ0v) is 15.7. The Kier molecular flexibility index (Phi) is 4.31. The second kappa shape index (κ2) is 6.81. The van der Waals surface area contributed by atoms with Crippen LogP contribution in [0.25, 0.3) is 17.4 Å². The fourth-order valence-corrected chi connectivity index (χ4v) is 3.16. The first-order chi connectivity index (χ1) is 13.4. The lowest BCUT2D eigenvalue weighted by Gasteiger charge is -2.04. The summed E-state index contributed by atoms with van der Waals surface area (Å²) in [5.74, 6) is 0.549. The normalized spacial score (nSPS) is 15.4. The lowest BCUT2D eigenvalue weighted by atomic mass is 10.1. The maximum absolute atomic E-state index is 12.6. The second-order valence-electron chi connectivity index (χ2n) is 5.70. The third-order valence-electron chi connectivity index (χ3n) is 3.93. The van der Waals surface area contributed by atoms with Crippen molar-refractivity contribution < 1.29 is 14.1 Å². The number of carbonyl (C=O) groups excluding carboxylic acids is 1. The lowest BCUT2D eigenvalue weighted by molar-refractivity contribution is -0.384. The maximum atomic E-state index is 12.6. The molecule has 0 spiro atoms. The van der Waals surface area contributed by atoms with Gasteiger partial charge in [0.2, 0.25) is 0 Å². The van der Waals surface area contributed by atoms with E-state index in [2.05, 4.69) is 41.7 Å². The minimum atomic E-state index is -0.476. The van der Waals surface area contributed by atoms with E-state index in [1.165, 1.54) is 12.1 Å². The minimum absolute atomic E-state index is 0.0329. The van der Waals surface area contributed by atoms with Crippen LogP contribution in [0.15, 0.2) is 49.9 Å². The van der Waals surface area contributed by atoms with Gasteiger partial charge < -0.3 is 4.42 Å². The molecule has 0 atom stereocenters. The monoisotopic (exact) mass is 443 g/mol.